The zero-order chi connectivity index (χ0) is 13.7. The molecular weight excluding hydrogens is 284 g/mol. The first-order chi connectivity index (χ1) is 9.15. The Kier molecular flexibility index (Phi) is 4.75. The van der Waals surface area contributed by atoms with Crippen LogP contribution >= 0.6 is 23.1 Å². The average molecular weight is 296 g/mol. The molecule has 0 amide bonds. The monoisotopic (exact) mass is 296 g/mol. The first-order valence-corrected chi connectivity index (χ1v) is 7.51. The maximum Gasteiger partial charge on any atom is 0.313 e. The summed E-state index contributed by atoms with van der Waals surface area (Å²) in [6, 6.07) is 3.43. The molecule has 0 fully saturated rings. The minimum Gasteiger partial charge on any atom is -0.481 e. The maximum absolute atomic E-state index is 11.2. The van der Waals surface area contributed by atoms with Crippen LogP contribution in [-0.2, 0) is 17.8 Å². The summed E-state index contributed by atoms with van der Waals surface area (Å²) in [4.78, 5) is 25.7. The Morgan fingerprint density at radius 1 is 1.47 bits per heavy atom. The fraction of sp³-hybridized carbons (Fsp3) is 0.250. The topological polar surface area (TPSA) is 72.2 Å². The highest BCUT2D eigenvalue weighted by molar-refractivity contribution is 7.99. The number of carbonyl (C=O) groups is 1. The van der Waals surface area contributed by atoms with Crippen molar-refractivity contribution < 1.29 is 9.90 Å². The standard InChI is InChI=1S/C12H12N2O3S2/c15-10-2-5-14(4-1-9-3-6-18-7-9)12(13-10)19-8-11(16)17/h2-3,5-7H,1,4,8H2,(H,16,17). The van der Waals surface area contributed by atoms with Gasteiger partial charge in [0.2, 0.25) is 0 Å². The number of aryl methyl sites for hydroxylation is 2. The third-order valence-electron chi connectivity index (χ3n) is 2.39. The number of carboxylic acid groups (broad SMARTS) is 1. The molecule has 2 aromatic heterocycles. The predicted octanol–water partition coefficient (Wildman–Crippen LogP) is 1.72. The molecule has 2 rings (SSSR count). The number of aliphatic carboxylic acids is 1. The van der Waals surface area contributed by atoms with Crippen molar-refractivity contribution in [1.82, 2.24) is 9.55 Å². The van der Waals surface area contributed by atoms with Crippen molar-refractivity contribution in [2.75, 3.05) is 5.75 Å². The third kappa shape index (κ3) is 4.22. The van der Waals surface area contributed by atoms with Gasteiger partial charge in [-0.05, 0) is 28.8 Å². The second-order valence-electron chi connectivity index (χ2n) is 3.81. The van der Waals surface area contributed by atoms with E-state index in [2.05, 4.69) is 10.4 Å². The van der Waals surface area contributed by atoms with E-state index >= 15 is 0 Å². The predicted molar refractivity (Wildman–Crippen MR) is 74.9 cm³/mol. The van der Waals surface area contributed by atoms with Crippen LogP contribution in [-0.4, -0.2) is 26.4 Å². The summed E-state index contributed by atoms with van der Waals surface area (Å²) in [5.74, 6) is -1.03. The number of rotatable bonds is 6. The molecule has 0 spiro atoms. The Balaban J connectivity index is 2.09. The Bertz CT molecular complexity index is 608. The van der Waals surface area contributed by atoms with Gasteiger partial charge in [0.1, 0.15) is 0 Å². The molecule has 0 saturated heterocycles. The van der Waals surface area contributed by atoms with E-state index in [1.807, 2.05) is 16.0 Å². The summed E-state index contributed by atoms with van der Waals surface area (Å²) in [5.41, 5.74) is 0.873. The lowest BCUT2D eigenvalue weighted by atomic mass is 10.2. The first kappa shape index (κ1) is 13.8. The zero-order valence-electron chi connectivity index (χ0n) is 9.98. The van der Waals surface area contributed by atoms with Gasteiger partial charge in [0, 0.05) is 18.8 Å². The van der Waals surface area contributed by atoms with Gasteiger partial charge in [0.25, 0.3) is 5.56 Å². The average Bonchev–Trinajstić information content (AvgIpc) is 2.88. The number of carboxylic acids is 1. The normalized spacial score (nSPS) is 10.5. The van der Waals surface area contributed by atoms with E-state index in [4.69, 9.17) is 5.11 Å². The first-order valence-electron chi connectivity index (χ1n) is 5.58. The molecule has 2 heterocycles. The summed E-state index contributed by atoms with van der Waals surface area (Å²) >= 11 is 2.70. The molecule has 0 radical (unpaired) electrons. The molecule has 0 unspecified atom stereocenters. The van der Waals surface area contributed by atoms with E-state index in [0.717, 1.165) is 18.2 Å². The van der Waals surface area contributed by atoms with Gasteiger partial charge in [-0.25, -0.2) is 0 Å². The Labute approximate surface area is 117 Å². The van der Waals surface area contributed by atoms with Crippen LogP contribution in [0.2, 0.25) is 0 Å². The largest absolute Gasteiger partial charge is 0.481 e. The molecular formula is C12H12N2O3S2. The van der Waals surface area contributed by atoms with Crippen LogP contribution < -0.4 is 5.56 Å². The van der Waals surface area contributed by atoms with Gasteiger partial charge in [-0.2, -0.15) is 16.3 Å². The fourth-order valence-electron chi connectivity index (χ4n) is 1.51. The SMILES string of the molecule is O=C(O)CSc1nc(=O)ccn1CCc1ccsc1. The molecule has 7 heteroatoms. The smallest absolute Gasteiger partial charge is 0.313 e. The summed E-state index contributed by atoms with van der Waals surface area (Å²) in [6.45, 7) is 0.673. The van der Waals surface area contributed by atoms with Gasteiger partial charge >= 0.3 is 5.97 Å². The van der Waals surface area contributed by atoms with E-state index in [-0.39, 0.29) is 11.3 Å². The van der Waals surface area contributed by atoms with Gasteiger partial charge in [0.15, 0.2) is 5.16 Å². The number of aromatic nitrogens is 2. The highest BCUT2D eigenvalue weighted by atomic mass is 32.2. The van der Waals surface area contributed by atoms with Crippen molar-refractivity contribution in [3.63, 3.8) is 0 Å². The maximum atomic E-state index is 11.2. The molecule has 2 aromatic rings. The van der Waals surface area contributed by atoms with Crippen molar-refractivity contribution in [3.05, 3.63) is 45.0 Å². The molecule has 19 heavy (non-hydrogen) atoms. The molecule has 0 aliphatic rings. The van der Waals surface area contributed by atoms with Crippen molar-refractivity contribution in [3.8, 4) is 0 Å². The molecule has 0 saturated carbocycles. The van der Waals surface area contributed by atoms with Crippen molar-refractivity contribution in [2.45, 2.75) is 18.1 Å². The summed E-state index contributed by atoms with van der Waals surface area (Å²) in [6.07, 6.45) is 2.49. The highest BCUT2D eigenvalue weighted by Gasteiger charge is 2.07. The van der Waals surface area contributed by atoms with E-state index < -0.39 is 5.97 Å². The van der Waals surface area contributed by atoms with Crippen LogP contribution in [0, 0.1) is 0 Å². The van der Waals surface area contributed by atoms with Gasteiger partial charge in [-0.1, -0.05) is 11.8 Å². The minimum absolute atomic E-state index is 0.102. The van der Waals surface area contributed by atoms with E-state index in [1.165, 1.54) is 11.6 Å². The van der Waals surface area contributed by atoms with Crippen LogP contribution in [0.15, 0.2) is 39.0 Å². The lowest BCUT2D eigenvalue weighted by molar-refractivity contribution is -0.133. The van der Waals surface area contributed by atoms with Gasteiger partial charge in [-0.3, -0.25) is 9.59 Å². The number of thioether (sulfide) groups is 1. The van der Waals surface area contributed by atoms with Crippen LogP contribution in [0.1, 0.15) is 5.56 Å². The van der Waals surface area contributed by atoms with Gasteiger partial charge in [0.05, 0.1) is 5.75 Å². The summed E-state index contributed by atoms with van der Waals surface area (Å²) in [7, 11) is 0. The minimum atomic E-state index is -0.924. The van der Waals surface area contributed by atoms with Crippen LogP contribution in [0.5, 0.6) is 0 Å². The molecule has 0 aliphatic carbocycles. The van der Waals surface area contributed by atoms with Crippen LogP contribution in [0.3, 0.4) is 0 Å². The van der Waals surface area contributed by atoms with E-state index in [9.17, 15) is 9.59 Å². The quantitative estimate of drug-likeness (QED) is 0.649. The summed E-state index contributed by atoms with van der Waals surface area (Å²) in [5, 5.41) is 13.2. The zero-order valence-corrected chi connectivity index (χ0v) is 11.6. The second kappa shape index (κ2) is 6.53. The Morgan fingerprint density at radius 2 is 2.32 bits per heavy atom. The highest BCUT2D eigenvalue weighted by Crippen LogP contribution is 2.15. The molecule has 0 bridgehead atoms. The summed E-state index contributed by atoms with van der Waals surface area (Å²) < 4.78 is 1.81. The molecule has 0 atom stereocenters. The Hall–Kier alpha value is -1.60. The number of nitrogens with zero attached hydrogens (tertiary/aromatic N) is 2. The van der Waals surface area contributed by atoms with Crippen LogP contribution in [0.25, 0.3) is 0 Å². The van der Waals surface area contributed by atoms with Crippen molar-refractivity contribution in [1.29, 1.82) is 0 Å². The van der Waals surface area contributed by atoms with E-state index in [1.54, 1.807) is 17.5 Å². The lowest BCUT2D eigenvalue weighted by Crippen LogP contribution is -2.15. The number of hydrogen-bond donors (Lipinski definition) is 1. The van der Waals surface area contributed by atoms with Crippen LogP contribution in [0.4, 0.5) is 0 Å². The lowest BCUT2D eigenvalue weighted by Gasteiger charge is -2.10. The number of hydrogen-bond acceptors (Lipinski definition) is 5. The van der Waals surface area contributed by atoms with Crippen molar-refractivity contribution in [2.24, 2.45) is 0 Å². The number of thiophene rings is 1. The Morgan fingerprint density at radius 3 is 3.00 bits per heavy atom. The molecule has 0 aromatic carbocycles. The third-order valence-corrected chi connectivity index (χ3v) is 4.10. The molecule has 5 nitrogen and oxygen atoms in total. The fourth-order valence-corrected chi connectivity index (χ4v) is 2.94. The van der Waals surface area contributed by atoms with Crippen molar-refractivity contribution >= 4 is 29.1 Å². The molecule has 0 aliphatic heterocycles. The second-order valence-corrected chi connectivity index (χ2v) is 5.53. The molecule has 100 valence electrons. The molecule has 1 N–H and O–H groups in total. The van der Waals surface area contributed by atoms with E-state index in [0.29, 0.717) is 11.7 Å². The van der Waals surface area contributed by atoms with Gasteiger partial charge < -0.3 is 9.67 Å². The van der Waals surface area contributed by atoms with Gasteiger partial charge in [-0.15, -0.1) is 0 Å².